The Balaban J connectivity index is 1.26. The van der Waals surface area contributed by atoms with Crippen molar-refractivity contribution in [3.8, 4) is 0 Å². The molecular formula is C28H23N3O3S. The van der Waals surface area contributed by atoms with Gasteiger partial charge in [0, 0.05) is 41.5 Å². The highest BCUT2D eigenvalue weighted by Gasteiger charge is 2.53. The fourth-order valence-electron chi connectivity index (χ4n) is 5.86. The highest BCUT2D eigenvalue weighted by molar-refractivity contribution is 7.15. The molecule has 0 saturated carbocycles. The van der Waals surface area contributed by atoms with Crippen molar-refractivity contribution in [2.45, 2.75) is 31.6 Å². The maximum atomic E-state index is 13.8. The van der Waals surface area contributed by atoms with E-state index in [0.717, 1.165) is 16.9 Å². The number of nitrogens with zero attached hydrogens (tertiary/aromatic N) is 2. The Hall–Kier alpha value is -3.84. The largest absolute Gasteiger partial charge is 0.301 e. The lowest BCUT2D eigenvalue weighted by atomic mass is 9.52. The molecule has 0 fully saturated rings. The Labute approximate surface area is 206 Å². The van der Waals surface area contributed by atoms with Crippen molar-refractivity contribution in [1.82, 2.24) is 4.98 Å². The number of rotatable bonds is 5. The third-order valence-corrected chi connectivity index (χ3v) is 8.34. The van der Waals surface area contributed by atoms with Gasteiger partial charge in [0.05, 0.1) is 10.3 Å². The second-order valence-corrected chi connectivity index (χ2v) is 10.7. The second-order valence-electron chi connectivity index (χ2n) is 9.55. The van der Waals surface area contributed by atoms with Gasteiger partial charge in [-0.1, -0.05) is 60.7 Å². The zero-order valence-corrected chi connectivity index (χ0v) is 19.9. The number of benzene rings is 3. The molecule has 3 aliphatic rings. The minimum Gasteiger partial charge on any atom is -0.301 e. The smallest absolute Gasteiger partial charge is 0.269 e. The van der Waals surface area contributed by atoms with Gasteiger partial charge in [-0.25, -0.2) is 4.98 Å². The average Bonchev–Trinajstić information content (AvgIpc) is 3.30. The molecule has 1 unspecified atom stereocenters. The number of nitrogens with one attached hydrogen (secondary N) is 1. The molecule has 0 spiro atoms. The molecule has 6 nitrogen and oxygen atoms in total. The van der Waals surface area contributed by atoms with Crippen LogP contribution in [0.1, 0.15) is 57.9 Å². The fraction of sp³-hybridized carbons (Fsp3) is 0.214. The molecule has 7 rings (SSSR count). The van der Waals surface area contributed by atoms with E-state index in [1.165, 1.54) is 39.7 Å². The number of hydrogen-bond donors (Lipinski definition) is 1. The fourth-order valence-corrected chi connectivity index (χ4v) is 6.70. The van der Waals surface area contributed by atoms with Gasteiger partial charge in [-0.15, -0.1) is 11.3 Å². The number of nitro benzene ring substituents is 1. The zero-order chi connectivity index (χ0) is 24.2. The molecule has 1 atom stereocenters. The first-order valence-electron chi connectivity index (χ1n) is 11.6. The number of aromatic nitrogens is 1. The van der Waals surface area contributed by atoms with Crippen molar-refractivity contribution in [2.24, 2.45) is 5.41 Å². The zero-order valence-electron chi connectivity index (χ0n) is 19.1. The van der Waals surface area contributed by atoms with E-state index in [1.807, 2.05) is 6.07 Å². The van der Waals surface area contributed by atoms with Gasteiger partial charge in [-0.2, -0.15) is 0 Å². The molecule has 1 aromatic heterocycles. The van der Waals surface area contributed by atoms with Crippen LogP contribution in [0.15, 0.2) is 79.0 Å². The van der Waals surface area contributed by atoms with E-state index < -0.39 is 10.3 Å². The van der Waals surface area contributed by atoms with Crippen LogP contribution in [-0.4, -0.2) is 15.8 Å². The first-order chi connectivity index (χ1) is 16.9. The first kappa shape index (κ1) is 21.7. The van der Waals surface area contributed by atoms with Crippen LogP contribution in [0.25, 0.3) is 0 Å². The average molecular weight is 482 g/mol. The van der Waals surface area contributed by atoms with Crippen LogP contribution in [0.3, 0.4) is 0 Å². The third-order valence-electron chi connectivity index (χ3n) is 7.42. The van der Waals surface area contributed by atoms with Gasteiger partial charge < -0.3 is 5.32 Å². The summed E-state index contributed by atoms with van der Waals surface area (Å²) in [6.45, 7) is 2.07. The summed E-state index contributed by atoms with van der Waals surface area (Å²) in [7, 11) is 0. The molecule has 174 valence electrons. The Kier molecular flexibility index (Phi) is 5.04. The van der Waals surface area contributed by atoms with E-state index in [4.69, 9.17) is 0 Å². The van der Waals surface area contributed by atoms with Crippen molar-refractivity contribution < 1.29 is 9.72 Å². The number of nitro groups is 1. The van der Waals surface area contributed by atoms with Crippen LogP contribution in [-0.2, 0) is 11.2 Å². The van der Waals surface area contributed by atoms with Crippen LogP contribution in [0, 0.1) is 15.5 Å². The summed E-state index contributed by atoms with van der Waals surface area (Å²) in [6, 6.07) is 23.6. The lowest BCUT2D eigenvalue weighted by molar-refractivity contribution is -0.384. The van der Waals surface area contributed by atoms with Crippen LogP contribution in [0.2, 0.25) is 0 Å². The number of carbonyl (C=O) groups is 1. The number of carbonyl (C=O) groups excluding carboxylic acids is 1. The predicted molar refractivity (Wildman–Crippen MR) is 136 cm³/mol. The minimum absolute atomic E-state index is 0.01000. The van der Waals surface area contributed by atoms with Gasteiger partial charge in [0.15, 0.2) is 5.13 Å². The molecule has 3 aromatic carbocycles. The molecule has 1 amide bonds. The van der Waals surface area contributed by atoms with Crippen LogP contribution < -0.4 is 5.32 Å². The van der Waals surface area contributed by atoms with E-state index in [1.54, 1.807) is 18.3 Å². The Morgan fingerprint density at radius 1 is 1.06 bits per heavy atom. The monoisotopic (exact) mass is 481 g/mol. The second kappa shape index (κ2) is 8.13. The maximum absolute atomic E-state index is 13.8. The first-order valence-corrected chi connectivity index (χ1v) is 12.4. The summed E-state index contributed by atoms with van der Waals surface area (Å²) in [6.07, 6.45) is 3.01. The Morgan fingerprint density at radius 3 is 2.37 bits per heavy atom. The molecule has 1 heterocycles. The Bertz CT molecular complexity index is 1430. The van der Waals surface area contributed by atoms with E-state index >= 15 is 0 Å². The molecule has 7 heteroatoms. The molecule has 0 radical (unpaired) electrons. The standard InChI is InChI=1S/C28H23N3O3S/c1-28(15-24-20-9-2-4-11-22(20)25(28)23-12-5-3-10-21(23)24)26(32)30-27-29-16-19(35-27)14-17-7-6-8-18(13-17)31(33)34/h2-13,16,24-25H,14-15H2,1H3,(H,29,30,32). The summed E-state index contributed by atoms with van der Waals surface area (Å²) in [5.41, 5.74) is 5.45. The van der Waals surface area contributed by atoms with Crippen molar-refractivity contribution >= 4 is 28.1 Å². The SMILES string of the molecule is CC1(C(=O)Nc2ncc(Cc3cccc([N+](=O)[O-])c3)s2)CC2c3ccccc3C1c1ccccc12. The van der Waals surface area contributed by atoms with Crippen molar-refractivity contribution in [1.29, 1.82) is 0 Å². The van der Waals surface area contributed by atoms with Gasteiger partial charge in [0.25, 0.3) is 5.69 Å². The van der Waals surface area contributed by atoms with E-state index in [-0.39, 0.29) is 23.4 Å². The molecule has 4 aromatic rings. The number of thiazole rings is 1. The lowest BCUT2D eigenvalue weighted by Gasteiger charge is -2.50. The molecular weight excluding hydrogens is 458 g/mol. The van der Waals surface area contributed by atoms with Crippen LogP contribution in [0.4, 0.5) is 10.8 Å². The Morgan fingerprint density at radius 2 is 1.71 bits per heavy atom. The summed E-state index contributed by atoms with van der Waals surface area (Å²) in [5.74, 6) is 0.167. The molecule has 35 heavy (non-hydrogen) atoms. The summed E-state index contributed by atoms with van der Waals surface area (Å²) in [5, 5.41) is 14.7. The van der Waals surface area contributed by atoms with E-state index in [9.17, 15) is 14.9 Å². The summed E-state index contributed by atoms with van der Waals surface area (Å²) >= 11 is 1.41. The van der Waals surface area contributed by atoms with Crippen LogP contribution in [0.5, 0.6) is 0 Å². The van der Waals surface area contributed by atoms with Crippen LogP contribution >= 0.6 is 11.3 Å². The molecule has 0 aliphatic heterocycles. The molecule has 2 bridgehead atoms. The predicted octanol–water partition coefficient (Wildman–Crippen LogP) is 6.27. The number of anilines is 1. The number of amides is 1. The highest BCUT2D eigenvalue weighted by atomic mass is 32.1. The molecule has 1 N–H and O–H groups in total. The molecule has 0 saturated heterocycles. The quantitative estimate of drug-likeness (QED) is 0.269. The molecule has 3 aliphatic carbocycles. The van der Waals surface area contributed by atoms with E-state index in [0.29, 0.717) is 11.6 Å². The maximum Gasteiger partial charge on any atom is 0.269 e. The summed E-state index contributed by atoms with van der Waals surface area (Å²) in [4.78, 5) is 29.8. The van der Waals surface area contributed by atoms with Gasteiger partial charge in [0.1, 0.15) is 0 Å². The summed E-state index contributed by atoms with van der Waals surface area (Å²) < 4.78 is 0. The van der Waals surface area contributed by atoms with Gasteiger partial charge in [0.2, 0.25) is 5.91 Å². The third kappa shape index (κ3) is 3.54. The normalized spacial score (nSPS) is 21.7. The lowest BCUT2D eigenvalue weighted by Crippen LogP contribution is -2.47. The van der Waals surface area contributed by atoms with Gasteiger partial charge in [-0.3, -0.25) is 14.9 Å². The van der Waals surface area contributed by atoms with Gasteiger partial charge >= 0.3 is 0 Å². The van der Waals surface area contributed by atoms with E-state index in [2.05, 4.69) is 65.8 Å². The van der Waals surface area contributed by atoms with Crippen molar-refractivity contribution in [3.63, 3.8) is 0 Å². The van der Waals surface area contributed by atoms with Gasteiger partial charge in [-0.05, 0) is 41.2 Å². The number of non-ortho nitro benzene ring substituents is 1. The minimum atomic E-state index is -0.598. The topological polar surface area (TPSA) is 85.1 Å². The number of fused-ring (bicyclic) bond motifs is 1. The number of hydrogen-bond acceptors (Lipinski definition) is 5. The highest BCUT2D eigenvalue weighted by Crippen LogP contribution is 2.61. The van der Waals surface area contributed by atoms with Crippen molar-refractivity contribution in [2.75, 3.05) is 5.32 Å². The van der Waals surface area contributed by atoms with Crippen molar-refractivity contribution in [3.05, 3.63) is 122 Å².